The number of rotatable bonds is 9. The molecule has 0 spiro atoms. The Balaban J connectivity index is 0.909. The van der Waals surface area contributed by atoms with E-state index >= 15 is 0 Å². The van der Waals surface area contributed by atoms with Crippen molar-refractivity contribution >= 4 is 39.0 Å². The van der Waals surface area contributed by atoms with E-state index < -0.39 is 0 Å². The van der Waals surface area contributed by atoms with Gasteiger partial charge in [0.25, 0.3) is 0 Å². The number of fused-ring (bicyclic) bond motifs is 3. The lowest BCUT2D eigenvalue weighted by atomic mass is 9.97. The zero-order valence-corrected chi connectivity index (χ0v) is 34.0. The van der Waals surface area contributed by atoms with E-state index in [0.29, 0.717) is 0 Å². The molecule has 0 unspecified atom stereocenters. The average Bonchev–Trinajstić information content (AvgIpc) is 3.74. The smallest absolute Gasteiger partial charge is 0.135 e. The van der Waals surface area contributed by atoms with Crippen molar-refractivity contribution in [3.63, 3.8) is 0 Å². The minimum absolute atomic E-state index is 0.908. The molecule has 1 aromatic heterocycles. The van der Waals surface area contributed by atoms with Gasteiger partial charge in [-0.2, -0.15) is 0 Å². The van der Waals surface area contributed by atoms with Crippen LogP contribution in [-0.4, -0.2) is 0 Å². The molecule has 0 bridgehead atoms. The Morgan fingerprint density at radius 2 is 0.516 bits per heavy atom. The van der Waals surface area contributed by atoms with E-state index in [1.54, 1.807) is 0 Å². The molecule has 0 aliphatic carbocycles. The van der Waals surface area contributed by atoms with Crippen molar-refractivity contribution in [2.45, 2.75) is 0 Å². The van der Waals surface area contributed by atoms with Crippen LogP contribution < -0.4 is 4.90 Å². The summed E-state index contributed by atoms with van der Waals surface area (Å²) in [6.45, 7) is 0. The number of anilines is 3. The lowest BCUT2D eigenvalue weighted by Crippen LogP contribution is -2.09. The van der Waals surface area contributed by atoms with Gasteiger partial charge in [0.15, 0.2) is 0 Å². The van der Waals surface area contributed by atoms with Crippen LogP contribution in [0.3, 0.4) is 0 Å². The molecule has 292 valence electrons. The Kier molecular flexibility index (Phi) is 9.57. The van der Waals surface area contributed by atoms with E-state index in [1.165, 1.54) is 61.2 Å². The highest BCUT2D eigenvalue weighted by atomic mass is 16.3. The molecule has 2 nitrogen and oxygen atoms in total. The average molecular weight is 792 g/mol. The summed E-state index contributed by atoms with van der Waals surface area (Å²) in [6.07, 6.45) is 0. The van der Waals surface area contributed by atoms with Crippen LogP contribution in [0.1, 0.15) is 0 Å². The number of para-hydroxylation sites is 1. The molecular formula is C60H41NO. The third-order valence-electron chi connectivity index (χ3n) is 11.9. The third-order valence-corrected chi connectivity index (χ3v) is 11.9. The fourth-order valence-corrected chi connectivity index (χ4v) is 8.61. The summed E-state index contributed by atoms with van der Waals surface area (Å²) >= 11 is 0. The van der Waals surface area contributed by atoms with Gasteiger partial charge in [0, 0.05) is 27.8 Å². The first-order valence-corrected chi connectivity index (χ1v) is 21.1. The first-order valence-electron chi connectivity index (χ1n) is 21.1. The molecule has 0 radical (unpaired) electrons. The summed E-state index contributed by atoms with van der Waals surface area (Å²) in [6, 6.07) is 89.1. The number of furan rings is 1. The van der Waals surface area contributed by atoms with Gasteiger partial charge >= 0.3 is 0 Å². The Bertz CT molecular complexity index is 3150. The van der Waals surface area contributed by atoms with Crippen molar-refractivity contribution in [2.24, 2.45) is 0 Å². The molecule has 0 fully saturated rings. The van der Waals surface area contributed by atoms with Gasteiger partial charge in [-0.25, -0.2) is 0 Å². The predicted molar refractivity (Wildman–Crippen MR) is 261 cm³/mol. The molecule has 62 heavy (non-hydrogen) atoms. The zero-order chi connectivity index (χ0) is 41.2. The van der Waals surface area contributed by atoms with Crippen molar-refractivity contribution < 1.29 is 4.42 Å². The fourth-order valence-electron chi connectivity index (χ4n) is 8.61. The van der Waals surface area contributed by atoms with Crippen molar-refractivity contribution in [2.75, 3.05) is 4.90 Å². The largest absolute Gasteiger partial charge is 0.456 e. The molecule has 2 heteroatoms. The van der Waals surface area contributed by atoms with Crippen molar-refractivity contribution in [3.8, 4) is 66.8 Å². The minimum atomic E-state index is 0.908. The fraction of sp³-hybridized carbons (Fsp3) is 0. The van der Waals surface area contributed by atoms with Gasteiger partial charge in [-0.15, -0.1) is 0 Å². The van der Waals surface area contributed by atoms with E-state index in [2.05, 4.69) is 241 Å². The summed E-state index contributed by atoms with van der Waals surface area (Å²) in [5.41, 5.74) is 19.4. The van der Waals surface area contributed by atoms with E-state index in [9.17, 15) is 0 Å². The van der Waals surface area contributed by atoms with Gasteiger partial charge in [0.2, 0.25) is 0 Å². The summed E-state index contributed by atoms with van der Waals surface area (Å²) < 4.78 is 6.11. The maximum Gasteiger partial charge on any atom is 0.135 e. The van der Waals surface area contributed by atoms with Crippen LogP contribution in [0.15, 0.2) is 253 Å². The Morgan fingerprint density at radius 3 is 0.984 bits per heavy atom. The molecule has 1 heterocycles. The third kappa shape index (κ3) is 7.25. The molecule has 0 aliphatic heterocycles. The second-order valence-electron chi connectivity index (χ2n) is 15.8. The molecule has 0 aliphatic rings. The maximum absolute atomic E-state index is 6.11. The van der Waals surface area contributed by atoms with Crippen LogP contribution in [0.2, 0.25) is 0 Å². The molecule has 11 aromatic rings. The highest BCUT2D eigenvalue weighted by Gasteiger charge is 2.15. The Morgan fingerprint density at radius 1 is 0.210 bits per heavy atom. The summed E-state index contributed by atoms with van der Waals surface area (Å²) in [7, 11) is 0. The van der Waals surface area contributed by atoms with Crippen LogP contribution in [0.5, 0.6) is 0 Å². The Labute approximate surface area is 362 Å². The number of nitrogens with zero attached hydrogens (tertiary/aromatic N) is 1. The minimum Gasteiger partial charge on any atom is -0.456 e. The zero-order valence-electron chi connectivity index (χ0n) is 34.0. The van der Waals surface area contributed by atoms with Crippen LogP contribution in [0, 0.1) is 0 Å². The van der Waals surface area contributed by atoms with Crippen LogP contribution in [0.25, 0.3) is 88.7 Å². The van der Waals surface area contributed by atoms with Crippen molar-refractivity contribution in [3.05, 3.63) is 249 Å². The first kappa shape index (κ1) is 36.8. The molecule has 0 amide bonds. The summed E-state index contributed by atoms with van der Waals surface area (Å²) in [5.74, 6) is 0. The molecule has 0 saturated carbocycles. The van der Waals surface area contributed by atoms with Crippen LogP contribution in [0.4, 0.5) is 17.1 Å². The predicted octanol–water partition coefficient (Wildman–Crippen LogP) is 17.1. The standard InChI is InChI=1S/C60H41NO/c1-3-10-42(11-4-1)44-18-22-46(23-19-44)48-26-33-54(34-27-48)61(55-35-28-49(29-36-55)47-24-20-45(21-25-47)43-12-5-2-6-13-43)56-37-30-50(31-38-56)51-14-9-15-52(40-51)53-32-39-60-58(41-53)57-16-7-8-17-59(57)62-60/h1-41H. The SMILES string of the molecule is c1ccc(-c2ccc(-c3ccc(N(c4ccc(-c5ccc(-c6ccccc6)cc5)cc4)c4ccc(-c5cccc(-c6ccc7oc8ccccc8c7c6)c5)cc4)cc3)cc2)cc1. The second-order valence-corrected chi connectivity index (χ2v) is 15.8. The molecule has 10 aromatic carbocycles. The topological polar surface area (TPSA) is 16.4 Å². The highest BCUT2D eigenvalue weighted by Crippen LogP contribution is 2.39. The summed E-state index contributed by atoms with van der Waals surface area (Å²) in [4.78, 5) is 2.34. The quantitative estimate of drug-likeness (QED) is 0.145. The van der Waals surface area contributed by atoms with Gasteiger partial charge in [-0.1, -0.05) is 188 Å². The number of benzene rings is 10. The second kappa shape index (κ2) is 16.1. The molecule has 0 atom stereocenters. The molecule has 0 saturated heterocycles. The van der Waals surface area contributed by atoms with Crippen molar-refractivity contribution in [1.82, 2.24) is 0 Å². The molecular weight excluding hydrogens is 751 g/mol. The lowest BCUT2D eigenvalue weighted by Gasteiger charge is -2.26. The molecule has 0 N–H and O–H groups in total. The maximum atomic E-state index is 6.11. The Hall–Kier alpha value is -8.20. The van der Waals surface area contributed by atoms with Gasteiger partial charge in [-0.3, -0.25) is 0 Å². The van der Waals surface area contributed by atoms with E-state index in [1.807, 2.05) is 12.1 Å². The van der Waals surface area contributed by atoms with E-state index in [0.717, 1.165) is 44.6 Å². The number of hydrogen-bond donors (Lipinski definition) is 0. The lowest BCUT2D eigenvalue weighted by molar-refractivity contribution is 0.669. The summed E-state index contributed by atoms with van der Waals surface area (Å²) in [5, 5.41) is 2.27. The van der Waals surface area contributed by atoms with Gasteiger partial charge in [-0.05, 0) is 127 Å². The van der Waals surface area contributed by atoms with Crippen LogP contribution in [-0.2, 0) is 0 Å². The highest BCUT2D eigenvalue weighted by molar-refractivity contribution is 6.06. The first-order chi connectivity index (χ1) is 30.7. The van der Waals surface area contributed by atoms with Crippen LogP contribution >= 0.6 is 0 Å². The molecule has 11 rings (SSSR count). The van der Waals surface area contributed by atoms with E-state index in [-0.39, 0.29) is 0 Å². The van der Waals surface area contributed by atoms with Gasteiger partial charge in [0.05, 0.1) is 0 Å². The number of hydrogen-bond acceptors (Lipinski definition) is 2. The van der Waals surface area contributed by atoms with Gasteiger partial charge < -0.3 is 9.32 Å². The van der Waals surface area contributed by atoms with Crippen molar-refractivity contribution in [1.29, 1.82) is 0 Å². The monoisotopic (exact) mass is 791 g/mol. The normalized spacial score (nSPS) is 11.2. The van der Waals surface area contributed by atoms with E-state index in [4.69, 9.17) is 4.42 Å². The van der Waals surface area contributed by atoms with Gasteiger partial charge in [0.1, 0.15) is 11.2 Å².